The van der Waals surface area contributed by atoms with Crippen LogP contribution < -0.4 is 10.5 Å². The van der Waals surface area contributed by atoms with Crippen LogP contribution in [0.4, 0.5) is 0 Å². The first-order valence-corrected chi connectivity index (χ1v) is 5.52. The molecule has 0 aliphatic rings. The van der Waals surface area contributed by atoms with E-state index in [1.54, 1.807) is 7.11 Å². The molecule has 0 bridgehead atoms. The Morgan fingerprint density at radius 1 is 1.25 bits per heavy atom. The molecular weight excluding hydrogens is 198 g/mol. The highest BCUT2D eigenvalue weighted by Crippen LogP contribution is 2.26. The van der Waals surface area contributed by atoms with Gasteiger partial charge in [-0.2, -0.15) is 0 Å². The van der Waals surface area contributed by atoms with Gasteiger partial charge in [-0.25, -0.2) is 0 Å². The SMILES string of the molecule is COc1ccc(/C=C(\CN)C(C)(C)C)cc1. The molecule has 0 atom stereocenters. The van der Waals surface area contributed by atoms with Crippen LogP contribution in [0, 0.1) is 5.41 Å². The van der Waals surface area contributed by atoms with Gasteiger partial charge in [0.15, 0.2) is 0 Å². The zero-order chi connectivity index (χ0) is 12.2. The number of nitrogens with two attached hydrogens (primary N) is 1. The smallest absolute Gasteiger partial charge is 0.118 e. The molecule has 1 aromatic rings. The van der Waals surface area contributed by atoms with Crippen LogP contribution in [0.5, 0.6) is 5.75 Å². The van der Waals surface area contributed by atoms with Crippen LogP contribution >= 0.6 is 0 Å². The lowest BCUT2D eigenvalue weighted by atomic mass is 9.85. The van der Waals surface area contributed by atoms with Gasteiger partial charge in [-0.3, -0.25) is 0 Å². The molecule has 2 heteroatoms. The molecule has 0 saturated carbocycles. The maximum absolute atomic E-state index is 5.77. The van der Waals surface area contributed by atoms with E-state index in [9.17, 15) is 0 Å². The van der Waals surface area contributed by atoms with Crippen molar-refractivity contribution >= 4 is 6.08 Å². The zero-order valence-electron chi connectivity index (χ0n) is 10.6. The highest BCUT2D eigenvalue weighted by molar-refractivity contribution is 5.55. The largest absolute Gasteiger partial charge is 0.497 e. The van der Waals surface area contributed by atoms with Gasteiger partial charge in [0.25, 0.3) is 0 Å². The molecule has 0 aliphatic heterocycles. The Balaban J connectivity index is 2.96. The quantitative estimate of drug-likeness (QED) is 0.848. The summed E-state index contributed by atoms with van der Waals surface area (Å²) < 4.78 is 5.12. The van der Waals surface area contributed by atoms with Crippen LogP contribution in [-0.2, 0) is 0 Å². The van der Waals surface area contributed by atoms with Gasteiger partial charge in [0.05, 0.1) is 7.11 Å². The monoisotopic (exact) mass is 219 g/mol. The normalized spacial score (nSPS) is 12.7. The second kappa shape index (κ2) is 5.17. The zero-order valence-corrected chi connectivity index (χ0v) is 10.6. The summed E-state index contributed by atoms with van der Waals surface area (Å²) in [6.45, 7) is 7.12. The molecule has 0 unspecified atom stereocenters. The van der Waals surface area contributed by atoms with Crippen molar-refractivity contribution in [1.82, 2.24) is 0 Å². The van der Waals surface area contributed by atoms with E-state index >= 15 is 0 Å². The van der Waals surface area contributed by atoms with Gasteiger partial charge in [-0.1, -0.05) is 44.6 Å². The van der Waals surface area contributed by atoms with Crippen molar-refractivity contribution in [1.29, 1.82) is 0 Å². The van der Waals surface area contributed by atoms with Crippen molar-refractivity contribution in [2.75, 3.05) is 13.7 Å². The number of hydrogen-bond donors (Lipinski definition) is 1. The van der Waals surface area contributed by atoms with Crippen LogP contribution in [0.2, 0.25) is 0 Å². The fraction of sp³-hybridized carbons (Fsp3) is 0.429. The molecule has 88 valence electrons. The van der Waals surface area contributed by atoms with Crippen molar-refractivity contribution in [3.63, 3.8) is 0 Å². The van der Waals surface area contributed by atoms with Gasteiger partial charge < -0.3 is 10.5 Å². The van der Waals surface area contributed by atoms with Gasteiger partial charge in [-0.05, 0) is 23.1 Å². The summed E-state index contributed by atoms with van der Waals surface area (Å²) >= 11 is 0. The van der Waals surface area contributed by atoms with E-state index in [2.05, 4.69) is 26.8 Å². The van der Waals surface area contributed by atoms with E-state index in [1.165, 1.54) is 5.57 Å². The summed E-state index contributed by atoms with van der Waals surface area (Å²) in [6, 6.07) is 8.01. The number of methoxy groups -OCH3 is 1. The Hall–Kier alpha value is -1.28. The summed E-state index contributed by atoms with van der Waals surface area (Å²) in [6.07, 6.45) is 2.15. The third-order valence-electron chi connectivity index (χ3n) is 2.64. The lowest BCUT2D eigenvalue weighted by Crippen LogP contribution is -2.17. The van der Waals surface area contributed by atoms with Crippen LogP contribution in [0.1, 0.15) is 26.3 Å². The minimum atomic E-state index is 0.120. The first-order chi connectivity index (χ1) is 7.47. The van der Waals surface area contributed by atoms with Gasteiger partial charge in [0.2, 0.25) is 0 Å². The van der Waals surface area contributed by atoms with Crippen LogP contribution in [-0.4, -0.2) is 13.7 Å². The van der Waals surface area contributed by atoms with Gasteiger partial charge >= 0.3 is 0 Å². The molecule has 1 aromatic carbocycles. The Morgan fingerprint density at radius 3 is 2.19 bits per heavy atom. The van der Waals surface area contributed by atoms with Crippen LogP contribution in [0.25, 0.3) is 6.08 Å². The summed E-state index contributed by atoms with van der Waals surface area (Å²) in [5.41, 5.74) is 8.30. The second-order valence-electron chi connectivity index (χ2n) is 4.90. The maximum atomic E-state index is 5.77. The molecule has 0 aromatic heterocycles. The highest BCUT2D eigenvalue weighted by Gasteiger charge is 2.15. The fourth-order valence-corrected chi connectivity index (χ4v) is 1.48. The van der Waals surface area contributed by atoms with Crippen molar-refractivity contribution in [3.05, 3.63) is 35.4 Å². The number of rotatable bonds is 3. The third kappa shape index (κ3) is 3.38. The van der Waals surface area contributed by atoms with E-state index in [0.29, 0.717) is 6.54 Å². The average Bonchev–Trinajstić information content (AvgIpc) is 2.25. The molecule has 0 spiro atoms. The average molecular weight is 219 g/mol. The van der Waals surface area contributed by atoms with Crippen LogP contribution in [0.3, 0.4) is 0 Å². The molecule has 0 amide bonds. The van der Waals surface area contributed by atoms with Gasteiger partial charge in [-0.15, -0.1) is 0 Å². The second-order valence-corrected chi connectivity index (χ2v) is 4.90. The molecule has 2 N–H and O–H groups in total. The molecule has 16 heavy (non-hydrogen) atoms. The van der Waals surface area contributed by atoms with E-state index in [4.69, 9.17) is 10.5 Å². The Kier molecular flexibility index (Phi) is 4.13. The van der Waals surface area contributed by atoms with E-state index < -0.39 is 0 Å². The molecule has 0 aliphatic carbocycles. The van der Waals surface area contributed by atoms with E-state index in [1.807, 2.05) is 24.3 Å². The lowest BCUT2D eigenvalue weighted by molar-refractivity contribution is 0.415. The van der Waals surface area contributed by atoms with Crippen molar-refractivity contribution in [3.8, 4) is 5.75 Å². The predicted molar refractivity (Wildman–Crippen MR) is 69.5 cm³/mol. The summed E-state index contributed by atoms with van der Waals surface area (Å²) in [5.74, 6) is 0.877. The van der Waals surface area contributed by atoms with E-state index in [-0.39, 0.29) is 5.41 Å². The van der Waals surface area contributed by atoms with Crippen molar-refractivity contribution in [2.24, 2.45) is 11.1 Å². The standard InChI is InChI=1S/C14H21NO/c1-14(2,3)12(10-15)9-11-5-7-13(16-4)8-6-11/h5-9H,10,15H2,1-4H3/b12-9+. The minimum Gasteiger partial charge on any atom is -0.497 e. The number of hydrogen-bond acceptors (Lipinski definition) is 2. The highest BCUT2D eigenvalue weighted by atomic mass is 16.5. The Labute approximate surface area is 98.1 Å². The van der Waals surface area contributed by atoms with Gasteiger partial charge in [0, 0.05) is 6.54 Å². The molecule has 2 nitrogen and oxygen atoms in total. The third-order valence-corrected chi connectivity index (χ3v) is 2.64. The fourth-order valence-electron chi connectivity index (χ4n) is 1.48. The predicted octanol–water partition coefficient (Wildman–Crippen LogP) is 3.08. The molecule has 0 radical (unpaired) electrons. The number of ether oxygens (including phenoxy) is 1. The molecule has 1 rings (SSSR count). The van der Waals surface area contributed by atoms with Gasteiger partial charge in [0.1, 0.15) is 5.75 Å². The van der Waals surface area contributed by atoms with Crippen molar-refractivity contribution in [2.45, 2.75) is 20.8 Å². The molecular formula is C14H21NO. The Morgan fingerprint density at radius 2 is 1.81 bits per heavy atom. The Bertz CT molecular complexity index is 357. The first-order valence-electron chi connectivity index (χ1n) is 5.52. The van der Waals surface area contributed by atoms with Crippen molar-refractivity contribution < 1.29 is 4.74 Å². The topological polar surface area (TPSA) is 35.2 Å². The van der Waals surface area contributed by atoms with E-state index in [0.717, 1.165) is 11.3 Å². The summed E-state index contributed by atoms with van der Waals surface area (Å²) in [5, 5.41) is 0. The maximum Gasteiger partial charge on any atom is 0.118 e. The van der Waals surface area contributed by atoms with Crippen LogP contribution in [0.15, 0.2) is 29.8 Å². The molecule has 0 saturated heterocycles. The minimum absolute atomic E-state index is 0.120. The molecule has 0 fully saturated rings. The summed E-state index contributed by atoms with van der Waals surface area (Å²) in [4.78, 5) is 0. The number of benzene rings is 1. The lowest BCUT2D eigenvalue weighted by Gasteiger charge is -2.21. The molecule has 0 heterocycles. The summed E-state index contributed by atoms with van der Waals surface area (Å²) in [7, 11) is 1.67. The first kappa shape index (κ1) is 12.8.